The van der Waals surface area contributed by atoms with Crippen molar-refractivity contribution in [1.29, 1.82) is 0 Å². The summed E-state index contributed by atoms with van der Waals surface area (Å²) in [6.45, 7) is 1.49. The highest BCUT2D eigenvalue weighted by Crippen LogP contribution is 2.30. The number of aromatic nitrogens is 1. The predicted molar refractivity (Wildman–Crippen MR) is 124 cm³/mol. The second-order valence-electron chi connectivity index (χ2n) is 6.73. The number of ether oxygens (including phenoxy) is 1. The van der Waals surface area contributed by atoms with Gasteiger partial charge in [-0.05, 0) is 41.5 Å². The van der Waals surface area contributed by atoms with E-state index in [1.54, 1.807) is 18.4 Å². The maximum atomic E-state index is 11.2. The highest BCUT2D eigenvalue weighted by Gasteiger charge is 2.07. The Kier molecular flexibility index (Phi) is 5.77. The zero-order chi connectivity index (χ0) is 20.9. The van der Waals surface area contributed by atoms with Gasteiger partial charge in [-0.3, -0.25) is 4.79 Å². The molecule has 0 bridgehead atoms. The molecule has 0 aliphatic heterocycles. The smallest absolute Gasteiger partial charge is 0.221 e. The second kappa shape index (κ2) is 8.80. The summed E-state index contributed by atoms with van der Waals surface area (Å²) < 4.78 is 5.22. The molecule has 0 spiro atoms. The maximum Gasteiger partial charge on any atom is 0.221 e. The molecule has 0 fully saturated rings. The number of thiazole rings is 1. The van der Waals surface area contributed by atoms with Gasteiger partial charge < -0.3 is 15.4 Å². The number of methoxy groups -OCH3 is 1. The Balaban J connectivity index is 1.48. The van der Waals surface area contributed by atoms with E-state index in [9.17, 15) is 4.79 Å². The van der Waals surface area contributed by atoms with E-state index in [1.165, 1.54) is 6.92 Å². The molecule has 5 nitrogen and oxygen atoms in total. The minimum atomic E-state index is -0.0956. The summed E-state index contributed by atoms with van der Waals surface area (Å²) in [7, 11) is 1.67. The fraction of sp³-hybridized carbons (Fsp3) is 0.0833. The number of carbonyl (C=O) groups is 1. The summed E-state index contributed by atoms with van der Waals surface area (Å²) >= 11 is 1.54. The molecule has 4 aromatic rings. The molecule has 1 amide bonds. The summed E-state index contributed by atoms with van der Waals surface area (Å²) in [5.41, 5.74) is 5.88. The van der Waals surface area contributed by atoms with Crippen molar-refractivity contribution in [3.63, 3.8) is 0 Å². The topological polar surface area (TPSA) is 63.2 Å². The Bertz CT molecular complexity index is 1150. The minimum Gasteiger partial charge on any atom is -0.497 e. The third kappa shape index (κ3) is 4.67. The molecule has 0 radical (unpaired) electrons. The number of rotatable bonds is 6. The first kappa shape index (κ1) is 19.7. The predicted octanol–water partition coefficient (Wildman–Crippen LogP) is 6.19. The third-order valence-corrected chi connectivity index (χ3v) is 5.30. The normalized spacial score (nSPS) is 10.5. The van der Waals surface area contributed by atoms with Crippen LogP contribution in [0.3, 0.4) is 0 Å². The zero-order valence-electron chi connectivity index (χ0n) is 16.7. The average Bonchev–Trinajstić information content (AvgIpc) is 3.22. The van der Waals surface area contributed by atoms with Crippen molar-refractivity contribution in [3.05, 3.63) is 78.2 Å². The van der Waals surface area contributed by atoms with Gasteiger partial charge in [-0.1, -0.05) is 42.5 Å². The molecule has 30 heavy (non-hydrogen) atoms. The van der Waals surface area contributed by atoms with Crippen LogP contribution in [0.25, 0.3) is 22.4 Å². The fourth-order valence-electron chi connectivity index (χ4n) is 3.08. The minimum absolute atomic E-state index is 0.0956. The SMILES string of the molecule is COc1ccc(-c2ccc(-c3csc(Nc4cccc(NC(C)=O)c4)n3)cc2)cc1. The number of amides is 1. The van der Waals surface area contributed by atoms with Crippen LogP contribution in [0.15, 0.2) is 78.2 Å². The summed E-state index contributed by atoms with van der Waals surface area (Å²) in [5, 5.41) is 8.91. The lowest BCUT2D eigenvalue weighted by molar-refractivity contribution is -0.114. The molecule has 0 aliphatic carbocycles. The molecule has 6 heteroatoms. The summed E-state index contributed by atoms with van der Waals surface area (Å²) in [4.78, 5) is 15.9. The van der Waals surface area contributed by atoms with E-state index >= 15 is 0 Å². The van der Waals surface area contributed by atoms with E-state index in [2.05, 4.69) is 34.9 Å². The Morgan fingerprint density at radius 3 is 2.20 bits per heavy atom. The average molecular weight is 416 g/mol. The fourth-order valence-corrected chi connectivity index (χ4v) is 3.82. The molecule has 0 atom stereocenters. The molecular weight excluding hydrogens is 394 g/mol. The van der Waals surface area contributed by atoms with Gasteiger partial charge in [0.2, 0.25) is 5.91 Å². The first-order valence-corrected chi connectivity index (χ1v) is 10.3. The molecule has 1 heterocycles. The number of nitrogens with one attached hydrogen (secondary N) is 2. The molecule has 0 saturated heterocycles. The van der Waals surface area contributed by atoms with Crippen LogP contribution in [0.5, 0.6) is 5.75 Å². The van der Waals surface area contributed by atoms with Gasteiger partial charge in [0.25, 0.3) is 0 Å². The quantitative estimate of drug-likeness (QED) is 0.394. The van der Waals surface area contributed by atoms with Gasteiger partial charge in [0, 0.05) is 29.2 Å². The van der Waals surface area contributed by atoms with Crippen LogP contribution in [0, 0.1) is 0 Å². The Morgan fingerprint density at radius 1 is 0.900 bits per heavy atom. The molecule has 3 aromatic carbocycles. The van der Waals surface area contributed by atoms with Crippen LogP contribution in [-0.2, 0) is 4.79 Å². The summed E-state index contributed by atoms with van der Waals surface area (Å²) in [6, 6.07) is 23.9. The van der Waals surface area contributed by atoms with Crippen molar-refractivity contribution >= 4 is 33.8 Å². The van der Waals surface area contributed by atoms with E-state index in [1.807, 2.05) is 53.9 Å². The molecule has 0 aliphatic rings. The van der Waals surface area contributed by atoms with Crippen LogP contribution >= 0.6 is 11.3 Å². The van der Waals surface area contributed by atoms with Crippen molar-refractivity contribution < 1.29 is 9.53 Å². The standard InChI is InChI=1S/C24H21N3O2S/c1-16(28)25-20-4-3-5-21(14-20)26-24-27-23(15-30-24)19-8-6-17(7-9-19)18-10-12-22(29-2)13-11-18/h3-15H,1-2H3,(H,25,28)(H,26,27). The Labute approximate surface area is 179 Å². The van der Waals surface area contributed by atoms with Crippen LogP contribution in [0.4, 0.5) is 16.5 Å². The summed E-state index contributed by atoms with van der Waals surface area (Å²) in [5.74, 6) is 0.752. The molecule has 4 rings (SSSR count). The van der Waals surface area contributed by atoms with E-state index in [-0.39, 0.29) is 5.91 Å². The Hall–Kier alpha value is -3.64. The van der Waals surface area contributed by atoms with E-state index in [0.29, 0.717) is 0 Å². The van der Waals surface area contributed by atoms with Crippen LogP contribution in [-0.4, -0.2) is 18.0 Å². The van der Waals surface area contributed by atoms with E-state index in [0.717, 1.165) is 44.6 Å². The molecule has 0 unspecified atom stereocenters. The lowest BCUT2D eigenvalue weighted by Crippen LogP contribution is -2.05. The van der Waals surface area contributed by atoms with Gasteiger partial charge in [0.1, 0.15) is 5.75 Å². The molecule has 150 valence electrons. The number of hydrogen-bond donors (Lipinski definition) is 2. The lowest BCUT2D eigenvalue weighted by atomic mass is 10.0. The van der Waals surface area contributed by atoms with Crippen molar-refractivity contribution in [3.8, 4) is 28.1 Å². The van der Waals surface area contributed by atoms with Gasteiger partial charge >= 0.3 is 0 Å². The molecule has 1 aromatic heterocycles. The lowest BCUT2D eigenvalue weighted by Gasteiger charge is -2.06. The number of carbonyl (C=O) groups excluding carboxylic acids is 1. The van der Waals surface area contributed by atoms with Gasteiger partial charge in [-0.15, -0.1) is 11.3 Å². The largest absolute Gasteiger partial charge is 0.497 e. The molecule has 2 N–H and O–H groups in total. The van der Waals surface area contributed by atoms with Gasteiger partial charge in [-0.25, -0.2) is 4.98 Å². The maximum absolute atomic E-state index is 11.2. The highest BCUT2D eigenvalue weighted by molar-refractivity contribution is 7.14. The van der Waals surface area contributed by atoms with Gasteiger partial charge in [0.15, 0.2) is 5.13 Å². The van der Waals surface area contributed by atoms with Crippen molar-refractivity contribution in [2.75, 3.05) is 17.7 Å². The second-order valence-corrected chi connectivity index (χ2v) is 7.59. The Morgan fingerprint density at radius 2 is 1.53 bits per heavy atom. The van der Waals surface area contributed by atoms with E-state index < -0.39 is 0 Å². The number of anilines is 3. The van der Waals surface area contributed by atoms with Crippen LogP contribution in [0.1, 0.15) is 6.92 Å². The van der Waals surface area contributed by atoms with Gasteiger partial charge in [0.05, 0.1) is 12.8 Å². The van der Waals surface area contributed by atoms with E-state index in [4.69, 9.17) is 9.72 Å². The van der Waals surface area contributed by atoms with Crippen LogP contribution < -0.4 is 15.4 Å². The molecule has 0 saturated carbocycles. The molecular formula is C24H21N3O2S. The third-order valence-electron chi connectivity index (χ3n) is 4.54. The van der Waals surface area contributed by atoms with Crippen molar-refractivity contribution in [2.45, 2.75) is 6.92 Å². The number of hydrogen-bond acceptors (Lipinski definition) is 5. The van der Waals surface area contributed by atoms with Crippen LogP contribution in [0.2, 0.25) is 0 Å². The number of nitrogens with zero attached hydrogens (tertiary/aromatic N) is 1. The van der Waals surface area contributed by atoms with Crippen molar-refractivity contribution in [1.82, 2.24) is 4.98 Å². The monoisotopic (exact) mass is 415 g/mol. The van der Waals surface area contributed by atoms with Crippen molar-refractivity contribution in [2.24, 2.45) is 0 Å². The zero-order valence-corrected chi connectivity index (χ0v) is 17.5. The summed E-state index contributed by atoms with van der Waals surface area (Å²) in [6.07, 6.45) is 0. The highest BCUT2D eigenvalue weighted by atomic mass is 32.1. The number of benzene rings is 3. The first-order chi connectivity index (χ1) is 14.6. The van der Waals surface area contributed by atoms with Gasteiger partial charge in [-0.2, -0.15) is 0 Å². The first-order valence-electron chi connectivity index (χ1n) is 9.46.